The normalized spacial score (nSPS) is 24.7. The number of ketones is 1. The third kappa shape index (κ3) is 3.87. The molecule has 2 heterocycles. The molecule has 8 nitrogen and oxygen atoms in total. The zero-order valence-electron chi connectivity index (χ0n) is 16.4. The number of fused-ring (bicyclic) bond motifs is 1. The number of ether oxygens (including phenoxy) is 2. The molecular weight excluding hydrogens is 358 g/mol. The lowest BCUT2D eigenvalue weighted by molar-refractivity contribution is -0.121. The van der Waals surface area contributed by atoms with Gasteiger partial charge in [0.15, 0.2) is 17.3 Å². The van der Waals surface area contributed by atoms with Gasteiger partial charge in [-0.15, -0.1) is 0 Å². The van der Waals surface area contributed by atoms with E-state index in [-0.39, 0.29) is 11.8 Å². The minimum absolute atomic E-state index is 0.0852. The van der Waals surface area contributed by atoms with E-state index in [1.807, 2.05) is 18.2 Å². The molecule has 8 heteroatoms. The lowest BCUT2D eigenvalue weighted by Crippen LogP contribution is -2.56. The van der Waals surface area contributed by atoms with Gasteiger partial charge in [-0.1, -0.05) is 0 Å². The van der Waals surface area contributed by atoms with Crippen molar-refractivity contribution in [1.29, 1.82) is 5.26 Å². The Kier molecular flexibility index (Phi) is 6.29. The number of nitrogens with one attached hydrogen (secondary N) is 1. The van der Waals surface area contributed by atoms with Crippen molar-refractivity contribution in [2.75, 3.05) is 46.9 Å². The van der Waals surface area contributed by atoms with Crippen LogP contribution in [-0.2, 0) is 4.79 Å². The smallest absolute Gasteiger partial charge is 0.162 e. The zero-order chi connectivity index (χ0) is 20.1. The van der Waals surface area contributed by atoms with Crippen LogP contribution in [0.2, 0.25) is 0 Å². The van der Waals surface area contributed by atoms with E-state index in [4.69, 9.17) is 15.2 Å². The van der Waals surface area contributed by atoms with E-state index in [1.54, 1.807) is 14.2 Å². The molecule has 28 heavy (non-hydrogen) atoms. The summed E-state index contributed by atoms with van der Waals surface area (Å²) in [7, 11) is 3.16. The second kappa shape index (κ2) is 8.69. The van der Waals surface area contributed by atoms with Crippen molar-refractivity contribution >= 4 is 11.9 Å². The maximum absolute atomic E-state index is 12.4. The Bertz CT molecular complexity index is 894. The Morgan fingerprint density at radius 1 is 1.43 bits per heavy atom. The van der Waals surface area contributed by atoms with Gasteiger partial charge in [-0.2, -0.15) is 5.26 Å². The number of carbonyl (C=O) groups excluding carboxylic acids is 1. The monoisotopic (exact) mass is 385 g/mol. The number of hydrogen-bond acceptors (Lipinski definition) is 8. The number of methoxy groups -OCH3 is 2. The van der Waals surface area contributed by atoms with Crippen molar-refractivity contribution in [1.82, 2.24) is 10.2 Å². The second-order valence-electron chi connectivity index (χ2n) is 7.07. The van der Waals surface area contributed by atoms with Crippen LogP contribution in [0.1, 0.15) is 12.8 Å². The van der Waals surface area contributed by atoms with E-state index in [0.717, 1.165) is 23.5 Å². The molecule has 0 amide bonds. The van der Waals surface area contributed by atoms with Crippen LogP contribution in [0.15, 0.2) is 17.1 Å². The molecule has 0 radical (unpaired) electrons. The van der Waals surface area contributed by atoms with Crippen molar-refractivity contribution in [3.63, 3.8) is 0 Å². The SMILES string of the molecule is COc1cc2c(cc1OC)=NCC(C#N)(N1CCCNC(C(=O)CCN)C1)C=2. The van der Waals surface area contributed by atoms with Gasteiger partial charge in [0.05, 0.1) is 38.2 Å². The van der Waals surface area contributed by atoms with Crippen molar-refractivity contribution in [2.45, 2.75) is 24.4 Å². The molecule has 0 spiro atoms. The van der Waals surface area contributed by atoms with Gasteiger partial charge >= 0.3 is 0 Å². The van der Waals surface area contributed by atoms with Gasteiger partial charge < -0.3 is 20.5 Å². The fraction of sp³-hybridized carbons (Fsp3) is 0.550. The molecule has 1 aromatic carbocycles. The highest BCUT2D eigenvalue weighted by Crippen LogP contribution is 2.25. The van der Waals surface area contributed by atoms with Crippen LogP contribution in [0.4, 0.5) is 0 Å². The Hall–Kier alpha value is -2.47. The first-order chi connectivity index (χ1) is 13.6. The molecule has 0 aromatic heterocycles. The molecule has 2 aliphatic rings. The fourth-order valence-electron chi connectivity index (χ4n) is 3.79. The maximum atomic E-state index is 12.4. The number of rotatable bonds is 6. The van der Waals surface area contributed by atoms with Gasteiger partial charge in [0.25, 0.3) is 0 Å². The summed E-state index contributed by atoms with van der Waals surface area (Å²) in [6.45, 7) is 2.54. The molecule has 0 bridgehead atoms. The van der Waals surface area contributed by atoms with E-state index in [9.17, 15) is 10.1 Å². The van der Waals surface area contributed by atoms with Crippen molar-refractivity contribution in [2.24, 2.45) is 10.7 Å². The summed E-state index contributed by atoms with van der Waals surface area (Å²) in [5.41, 5.74) is 4.65. The Morgan fingerprint density at radius 2 is 2.18 bits per heavy atom. The molecule has 2 atom stereocenters. The Labute approximate surface area is 164 Å². The molecular formula is C20H27N5O3. The number of nitrogens with two attached hydrogens (primary N) is 1. The van der Waals surface area contributed by atoms with Crippen LogP contribution in [0.5, 0.6) is 11.5 Å². The number of nitrogens with zero attached hydrogens (tertiary/aromatic N) is 3. The standard InChI is InChI=1S/C20H27N5O3/c1-27-18-8-14-10-20(12-22,13-24-15(14)9-19(18)28-2)25-7-3-6-23-16(11-25)17(26)4-5-21/h8-10,16,23H,3-7,11,13,21H2,1-2H3. The van der Waals surface area contributed by atoms with E-state index in [2.05, 4.69) is 21.3 Å². The van der Waals surface area contributed by atoms with Crippen LogP contribution >= 0.6 is 0 Å². The molecule has 150 valence electrons. The maximum Gasteiger partial charge on any atom is 0.162 e. The molecule has 1 aromatic rings. The van der Waals surface area contributed by atoms with Crippen molar-refractivity contribution in [3.05, 3.63) is 22.7 Å². The summed E-state index contributed by atoms with van der Waals surface area (Å²) in [4.78, 5) is 19.1. The number of Topliss-reactive ketones (excluding diaryl/α,β-unsaturated/α-hetero) is 1. The van der Waals surface area contributed by atoms with E-state index in [1.165, 1.54) is 0 Å². The minimum Gasteiger partial charge on any atom is -0.493 e. The molecule has 2 aliphatic heterocycles. The van der Waals surface area contributed by atoms with Crippen LogP contribution in [-0.4, -0.2) is 69.2 Å². The van der Waals surface area contributed by atoms with Gasteiger partial charge in [0, 0.05) is 30.8 Å². The highest BCUT2D eigenvalue weighted by atomic mass is 16.5. The van der Waals surface area contributed by atoms with E-state index in [0.29, 0.717) is 44.1 Å². The van der Waals surface area contributed by atoms with Crippen molar-refractivity contribution in [3.8, 4) is 17.6 Å². The van der Waals surface area contributed by atoms with Gasteiger partial charge in [-0.25, -0.2) is 0 Å². The summed E-state index contributed by atoms with van der Waals surface area (Å²) in [5, 5.41) is 15.0. The van der Waals surface area contributed by atoms with Gasteiger partial charge in [0.1, 0.15) is 5.54 Å². The van der Waals surface area contributed by atoms with Gasteiger partial charge in [-0.3, -0.25) is 14.7 Å². The zero-order valence-corrected chi connectivity index (χ0v) is 16.4. The number of benzene rings is 1. The van der Waals surface area contributed by atoms with Crippen LogP contribution < -0.4 is 31.1 Å². The van der Waals surface area contributed by atoms with Crippen LogP contribution in [0.3, 0.4) is 0 Å². The molecule has 0 aliphatic carbocycles. The third-order valence-corrected chi connectivity index (χ3v) is 5.35. The highest BCUT2D eigenvalue weighted by Gasteiger charge is 2.39. The topological polar surface area (TPSA) is 113 Å². The fourth-order valence-corrected chi connectivity index (χ4v) is 3.79. The predicted octanol–water partition coefficient (Wildman–Crippen LogP) is -1.04. The quantitative estimate of drug-likeness (QED) is 0.643. The van der Waals surface area contributed by atoms with Crippen LogP contribution in [0, 0.1) is 11.3 Å². The lowest BCUT2D eigenvalue weighted by Gasteiger charge is -2.37. The second-order valence-corrected chi connectivity index (χ2v) is 7.07. The first kappa shape index (κ1) is 20.3. The minimum atomic E-state index is -0.903. The summed E-state index contributed by atoms with van der Waals surface area (Å²) in [5.74, 6) is 1.28. The van der Waals surface area contributed by atoms with E-state index < -0.39 is 5.54 Å². The molecule has 0 saturated carbocycles. The predicted molar refractivity (Wildman–Crippen MR) is 105 cm³/mol. The molecule has 1 fully saturated rings. The average molecular weight is 385 g/mol. The summed E-state index contributed by atoms with van der Waals surface area (Å²) >= 11 is 0. The highest BCUT2D eigenvalue weighted by molar-refractivity contribution is 5.84. The Morgan fingerprint density at radius 3 is 2.86 bits per heavy atom. The lowest BCUT2D eigenvalue weighted by atomic mass is 9.93. The molecule has 2 unspecified atom stereocenters. The number of carbonyl (C=O) groups is 1. The van der Waals surface area contributed by atoms with Gasteiger partial charge in [-0.05, 0) is 31.7 Å². The third-order valence-electron chi connectivity index (χ3n) is 5.35. The summed E-state index contributed by atoms with van der Waals surface area (Å²) in [6, 6.07) is 5.80. The number of nitriles is 1. The first-order valence-corrected chi connectivity index (χ1v) is 9.48. The molecule has 1 saturated heterocycles. The number of hydrogen-bond donors (Lipinski definition) is 2. The largest absolute Gasteiger partial charge is 0.493 e. The van der Waals surface area contributed by atoms with E-state index >= 15 is 0 Å². The molecule has 3 rings (SSSR count). The summed E-state index contributed by atoms with van der Waals surface area (Å²) < 4.78 is 10.7. The summed E-state index contributed by atoms with van der Waals surface area (Å²) in [6.07, 6.45) is 3.12. The molecule has 3 N–H and O–H groups in total. The van der Waals surface area contributed by atoms with Crippen LogP contribution in [0.25, 0.3) is 6.08 Å². The Balaban J connectivity index is 1.98. The van der Waals surface area contributed by atoms with Crippen molar-refractivity contribution < 1.29 is 14.3 Å². The average Bonchev–Trinajstić information content (AvgIpc) is 2.99. The first-order valence-electron chi connectivity index (χ1n) is 9.48. The van der Waals surface area contributed by atoms with Gasteiger partial charge in [0.2, 0.25) is 0 Å².